The number of rotatable bonds is 6. The Labute approximate surface area is 161 Å². The summed E-state index contributed by atoms with van der Waals surface area (Å²) in [6.07, 6.45) is 1.77. The Kier molecular flexibility index (Phi) is 4.97. The minimum absolute atomic E-state index is 0.0492. The van der Waals surface area contributed by atoms with Crippen LogP contribution in [0.4, 0.5) is 0 Å². The van der Waals surface area contributed by atoms with Crippen molar-refractivity contribution in [3.8, 4) is 11.5 Å². The van der Waals surface area contributed by atoms with E-state index in [0.29, 0.717) is 29.7 Å². The topological polar surface area (TPSA) is 82.4 Å². The van der Waals surface area contributed by atoms with Crippen molar-refractivity contribution in [1.29, 1.82) is 0 Å². The summed E-state index contributed by atoms with van der Waals surface area (Å²) in [5.41, 5.74) is 1.58. The molecule has 0 spiro atoms. The number of fused-ring (bicyclic) bond motifs is 2. The SMILES string of the molecule is COc1ccc(CNC(=O)COc2ccc3nc4n(c(=O)c3c2)CCC4)cc1. The Hall–Kier alpha value is -3.35. The second-order valence-corrected chi connectivity index (χ2v) is 6.68. The normalized spacial score (nSPS) is 12.6. The van der Waals surface area contributed by atoms with E-state index >= 15 is 0 Å². The van der Waals surface area contributed by atoms with Crippen LogP contribution in [-0.4, -0.2) is 29.2 Å². The van der Waals surface area contributed by atoms with Crippen LogP contribution in [0.1, 0.15) is 17.8 Å². The first-order valence-corrected chi connectivity index (χ1v) is 9.20. The summed E-state index contributed by atoms with van der Waals surface area (Å²) in [7, 11) is 1.61. The molecule has 1 aromatic heterocycles. The molecule has 0 atom stereocenters. The fourth-order valence-corrected chi connectivity index (χ4v) is 3.30. The standard InChI is InChI=1S/C21H21N3O4/c1-27-15-6-4-14(5-7-15)12-22-20(25)13-28-16-8-9-18-17(11-16)21(26)24-10-2-3-19(24)23-18/h4-9,11H,2-3,10,12-13H2,1H3,(H,22,25). The number of amides is 1. The maximum absolute atomic E-state index is 12.6. The number of methoxy groups -OCH3 is 1. The predicted molar refractivity (Wildman–Crippen MR) is 105 cm³/mol. The molecule has 0 unspecified atom stereocenters. The molecule has 2 aromatic carbocycles. The summed E-state index contributed by atoms with van der Waals surface area (Å²) in [4.78, 5) is 29.2. The van der Waals surface area contributed by atoms with E-state index in [9.17, 15) is 9.59 Å². The molecule has 0 bridgehead atoms. The summed E-state index contributed by atoms with van der Waals surface area (Å²) >= 11 is 0. The van der Waals surface area contributed by atoms with Gasteiger partial charge < -0.3 is 14.8 Å². The molecule has 1 aliphatic rings. The summed E-state index contributed by atoms with van der Waals surface area (Å²) in [6, 6.07) is 12.6. The van der Waals surface area contributed by atoms with E-state index in [1.54, 1.807) is 29.9 Å². The van der Waals surface area contributed by atoms with Gasteiger partial charge in [0.15, 0.2) is 6.61 Å². The average Bonchev–Trinajstić information content (AvgIpc) is 3.20. The Morgan fingerprint density at radius 3 is 2.75 bits per heavy atom. The highest BCUT2D eigenvalue weighted by Gasteiger charge is 2.16. The van der Waals surface area contributed by atoms with Gasteiger partial charge in [-0.15, -0.1) is 0 Å². The fraction of sp³-hybridized carbons (Fsp3) is 0.286. The number of ether oxygens (including phenoxy) is 2. The number of aromatic nitrogens is 2. The third-order valence-corrected chi connectivity index (χ3v) is 4.81. The lowest BCUT2D eigenvalue weighted by Crippen LogP contribution is -2.28. The van der Waals surface area contributed by atoms with Gasteiger partial charge in [0.2, 0.25) is 0 Å². The predicted octanol–water partition coefficient (Wildman–Crippen LogP) is 2.05. The second-order valence-electron chi connectivity index (χ2n) is 6.68. The van der Waals surface area contributed by atoms with Crippen molar-refractivity contribution in [2.24, 2.45) is 0 Å². The molecule has 0 saturated heterocycles. The zero-order chi connectivity index (χ0) is 19.5. The molecule has 0 fully saturated rings. The van der Waals surface area contributed by atoms with Gasteiger partial charge in [-0.3, -0.25) is 14.2 Å². The molecular formula is C21H21N3O4. The van der Waals surface area contributed by atoms with Crippen molar-refractivity contribution < 1.29 is 14.3 Å². The van der Waals surface area contributed by atoms with Crippen molar-refractivity contribution >= 4 is 16.8 Å². The van der Waals surface area contributed by atoms with Crippen LogP contribution in [0.3, 0.4) is 0 Å². The molecule has 1 aliphatic heterocycles. The molecule has 2 heterocycles. The average molecular weight is 379 g/mol. The smallest absolute Gasteiger partial charge is 0.261 e. The number of aryl methyl sites for hydroxylation is 1. The molecule has 7 nitrogen and oxygen atoms in total. The van der Waals surface area contributed by atoms with Crippen LogP contribution < -0.4 is 20.3 Å². The van der Waals surface area contributed by atoms with Gasteiger partial charge in [-0.2, -0.15) is 0 Å². The largest absolute Gasteiger partial charge is 0.497 e. The van der Waals surface area contributed by atoms with E-state index in [0.717, 1.165) is 30.0 Å². The van der Waals surface area contributed by atoms with Gasteiger partial charge in [0, 0.05) is 19.5 Å². The molecule has 1 N–H and O–H groups in total. The van der Waals surface area contributed by atoms with E-state index in [1.807, 2.05) is 24.3 Å². The summed E-state index contributed by atoms with van der Waals surface area (Å²) in [6.45, 7) is 0.985. The Morgan fingerprint density at radius 1 is 1.18 bits per heavy atom. The van der Waals surface area contributed by atoms with E-state index in [4.69, 9.17) is 9.47 Å². The van der Waals surface area contributed by atoms with Crippen LogP contribution in [0.5, 0.6) is 11.5 Å². The third kappa shape index (κ3) is 3.69. The van der Waals surface area contributed by atoms with Crippen molar-refractivity contribution in [1.82, 2.24) is 14.9 Å². The van der Waals surface area contributed by atoms with Crippen LogP contribution in [0.25, 0.3) is 10.9 Å². The van der Waals surface area contributed by atoms with Gasteiger partial charge in [-0.05, 0) is 42.3 Å². The molecule has 7 heteroatoms. The number of hydrogen-bond acceptors (Lipinski definition) is 5. The molecule has 144 valence electrons. The van der Waals surface area contributed by atoms with Gasteiger partial charge in [-0.25, -0.2) is 4.98 Å². The first kappa shape index (κ1) is 18.0. The van der Waals surface area contributed by atoms with Crippen molar-refractivity contribution in [3.05, 3.63) is 64.2 Å². The van der Waals surface area contributed by atoms with Crippen LogP contribution in [0, 0.1) is 0 Å². The van der Waals surface area contributed by atoms with E-state index in [-0.39, 0.29) is 18.1 Å². The van der Waals surface area contributed by atoms with Crippen molar-refractivity contribution in [2.45, 2.75) is 25.9 Å². The molecule has 0 radical (unpaired) electrons. The summed E-state index contributed by atoms with van der Waals surface area (Å²) < 4.78 is 12.4. The minimum atomic E-state index is -0.236. The van der Waals surface area contributed by atoms with Gasteiger partial charge in [0.25, 0.3) is 11.5 Å². The van der Waals surface area contributed by atoms with Crippen LogP contribution in [-0.2, 0) is 24.3 Å². The first-order chi connectivity index (χ1) is 13.6. The minimum Gasteiger partial charge on any atom is -0.497 e. The molecule has 3 aromatic rings. The Balaban J connectivity index is 1.38. The lowest BCUT2D eigenvalue weighted by atomic mass is 10.2. The summed E-state index contributed by atoms with van der Waals surface area (Å²) in [5.74, 6) is 1.85. The van der Waals surface area contributed by atoms with E-state index in [2.05, 4.69) is 10.3 Å². The van der Waals surface area contributed by atoms with E-state index in [1.165, 1.54) is 0 Å². The number of carbonyl (C=O) groups is 1. The van der Waals surface area contributed by atoms with Crippen molar-refractivity contribution in [2.75, 3.05) is 13.7 Å². The van der Waals surface area contributed by atoms with Crippen LogP contribution in [0.15, 0.2) is 47.3 Å². The monoisotopic (exact) mass is 379 g/mol. The lowest BCUT2D eigenvalue weighted by Gasteiger charge is -2.09. The Morgan fingerprint density at radius 2 is 1.96 bits per heavy atom. The van der Waals surface area contributed by atoms with E-state index < -0.39 is 0 Å². The quantitative estimate of drug-likeness (QED) is 0.709. The van der Waals surface area contributed by atoms with Crippen LogP contribution in [0.2, 0.25) is 0 Å². The van der Waals surface area contributed by atoms with Crippen molar-refractivity contribution in [3.63, 3.8) is 0 Å². The number of carbonyl (C=O) groups excluding carboxylic acids is 1. The van der Waals surface area contributed by atoms with Crippen LogP contribution >= 0.6 is 0 Å². The molecule has 0 saturated carbocycles. The zero-order valence-corrected chi connectivity index (χ0v) is 15.6. The third-order valence-electron chi connectivity index (χ3n) is 4.81. The maximum Gasteiger partial charge on any atom is 0.261 e. The van der Waals surface area contributed by atoms with Gasteiger partial charge >= 0.3 is 0 Å². The molecule has 28 heavy (non-hydrogen) atoms. The Bertz CT molecular complexity index is 1070. The number of nitrogens with one attached hydrogen (secondary N) is 1. The van der Waals surface area contributed by atoms with Gasteiger partial charge in [0.05, 0.1) is 18.0 Å². The molecular weight excluding hydrogens is 358 g/mol. The first-order valence-electron chi connectivity index (χ1n) is 9.20. The molecule has 0 aliphatic carbocycles. The fourth-order valence-electron chi connectivity index (χ4n) is 3.30. The molecule has 4 rings (SSSR count). The summed E-state index contributed by atoms with van der Waals surface area (Å²) in [5, 5.41) is 3.32. The highest BCUT2D eigenvalue weighted by Crippen LogP contribution is 2.19. The second kappa shape index (κ2) is 7.72. The highest BCUT2D eigenvalue weighted by molar-refractivity contribution is 5.80. The number of nitrogens with zero attached hydrogens (tertiary/aromatic N) is 2. The maximum atomic E-state index is 12.6. The van der Waals surface area contributed by atoms with Gasteiger partial charge in [0.1, 0.15) is 17.3 Å². The molecule has 1 amide bonds. The lowest BCUT2D eigenvalue weighted by molar-refractivity contribution is -0.123. The number of benzene rings is 2. The highest BCUT2D eigenvalue weighted by atomic mass is 16.5. The number of hydrogen-bond donors (Lipinski definition) is 1. The van der Waals surface area contributed by atoms with Gasteiger partial charge in [-0.1, -0.05) is 12.1 Å². The zero-order valence-electron chi connectivity index (χ0n) is 15.6.